The highest BCUT2D eigenvalue weighted by Crippen LogP contribution is 2.12. The molecule has 0 spiro atoms. The van der Waals surface area contributed by atoms with Crippen molar-refractivity contribution >= 4 is 11.8 Å². The Morgan fingerprint density at radius 2 is 1.76 bits per heavy atom. The standard InChI is InChI=1S/C15H22FN3O2/c1-9(2)13(14(18)20)19(3)15(21)12(17)8-10-4-6-11(16)7-5-10/h4-7,9,12-13H,8,17H2,1-3H3,(H2,18,20). The van der Waals surface area contributed by atoms with Gasteiger partial charge < -0.3 is 16.4 Å². The quantitative estimate of drug-likeness (QED) is 0.808. The zero-order chi connectivity index (χ0) is 16.2. The Hall–Kier alpha value is -1.95. The van der Waals surface area contributed by atoms with Gasteiger partial charge in [-0.15, -0.1) is 0 Å². The van der Waals surface area contributed by atoms with E-state index in [2.05, 4.69) is 0 Å². The Bertz CT molecular complexity index is 502. The van der Waals surface area contributed by atoms with E-state index in [1.807, 2.05) is 13.8 Å². The maximum Gasteiger partial charge on any atom is 0.240 e. The first kappa shape index (κ1) is 17.1. The van der Waals surface area contributed by atoms with Gasteiger partial charge in [0.2, 0.25) is 11.8 Å². The predicted octanol–water partition coefficient (Wildman–Crippen LogP) is 0.664. The molecule has 0 fully saturated rings. The number of benzene rings is 1. The first-order chi connectivity index (χ1) is 9.73. The van der Waals surface area contributed by atoms with E-state index >= 15 is 0 Å². The molecule has 0 saturated heterocycles. The fourth-order valence-corrected chi connectivity index (χ4v) is 2.33. The predicted molar refractivity (Wildman–Crippen MR) is 78.7 cm³/mol. The van der Waals surface area contributed by atoms with Gasteiger partial charge >= 0.3 is 0 Å². The molecular formula is C15H22FN3O2. The molecule has 1 aromatic carbocycles. The lowest BCUT2D eigenvalue weighted by molar-refractivity contribution is -0.140. The van der Waals surface area contributed by atoms with Crippen LogP contribution >= 0.6 is 0 Å². The van der Waals surface area contributed by atoms with Crippen molar-refractivity contribution in [3.63, 3.8) is 0 Å². The van der Waals surface area contributed by atoms with Gasteiger partial charge in [-0.3, -0.25) is 9.59 Å². The minimum absolute atomic E-state index is 0.102. The Balaban J connectivity index is 2.77. The molecule has 0 heterocycles. The summed E-state index contributed by atoms with van der Waals surface area (Å²) in [5, 5.41) is 0. The van der Waals surface area contributed by atoms with Gasteiger partial charge in [-0.25, -0.2) is 4.39 Å². The van der Waals surface area contributed by atoms with E-state index in [1.54, 1.807) is 12.1 Å². The maximum atomic E-state index is 12.8. The van der Waals surface area contributed by atoms with Crippen LogP contribution in [0, 0.1) is 11.7 Å². The molecule has 116 valence electrons. The van der Waals surface area contributed by atoms with E-state index in [4.69, 9.17) is 11.5 Å². The summed E-state index contributed by atoms with van der Waals surface area (Å²) in [7, 11) is 1.52. The highest BCUT2D eigenvalue weighted by atomic mass is 19.1. The second-order valence-corrected chi connectivity index (χ2v) is 5.48. The molecule has 1 rings (SSSR count). The maximum absolute atomic E-state index is 12.8. The van der Waals surface area contributed by atoms with Crippen molar-refractivity contribution in [3.05, 3.63) is 35.6 Å². The normalized spacial score (nSPS) is 13.8. The molecule has 0 radical (unpaired) electrons. The van der Waals surface area contributed by atoms with Crippen LogP contribution in [0.3, 0.4) is 0 Å². The lowest BCUT2D eigenvalue weighted by atomic mass is 10.00. The summed E-state index contributed by atoms with van der Waals surface area (Å²) in [5.41, 5.74) is 12.0. The van der Waals surface area contributed by atoms with Crippen LogP contribution in [0.4, 0.5) is 4.39 Å². The molecule has 2 atom stereocenters. The number of likely N-dealkylation sites (N-methyl/N-ethyl adjacent to an activating group) is 1. The van der Waals surface area contributed by atoms with Gasteiger partial charge in [0.05, 0.1) is 6.04 Å². The zero-order valence-corrected chi connectivity index (χ0v) is 12.5. The third kappa shape index (κ3) is 4.53. The van der Waals surface area contributed by atoms with Crippen molar-refractivity contribution in [3.8, 4) is 0 Å². The third-order valence-electron chi connectivity index (χ3n) is 3.37. The SMILES string of the molecule is CC(C)C(C(N)=O)N(C)C(=O)C(N)Cc1ccc(F)cc1. The number of carbonyl (C=O) groups excluding carboxylic acids is 2. The lowest BCUT2D eigenvalue weighted by Crippen LogP contribution is -2.53. The first-order valence-electron chi connectivity index (χ1n) is 6.80. The minimum atomic E-state index is -0.805. The van der Waals surface area contributed by atoms with Crippen molar-refractivity contribution in [2.45, 2.75) is 32.4 Å². The fraction of sp³-hybridized carbons (Fsp3) is 0.467. The number of hydrogen-bond acceptors (Lipinski definition) is 3. The highest BCUT2D eigenvalue weighted by Gasteiger charge is 2.30. The Labute approximate surface area is 124 Å². The van der Waals surface area contributed by atoms with E-state index in [-0.39, 0.29) is 24.1 Å². The van der Waals surface area contributed by atoms with Crippen molar-refractivity contribution in [2.24, 2.45) is 17.4 Å². The van der Waals surface area contributed by atoms with Gasteiger partial charge in [0.25, 0.3) is 0 Å². The largest absolute Gasteiger partial charge is 0.368 e. The van der Waals surface area contributed by atoms with E-state index in [0.717, 1.165) is 5.56 Å². The number of amides is 2. The van der Waals surface area contributed by atoms with Gasteiger partial charge in [-0.2, -0.15) is 0 Å². The van der Waals surface area contributed by atoms with Crippen LogP contribution in [0.1, 0.15) is 19.4 Å². The summed E-state index contributed by atoms with van der Waals surface area (Å²) in [6.45, 7) is 3.62. The molecular weight excluding hydrogens is 273 g/mol. The summed E-state index contributed by atoms with van der Waals surface area (Å²) in [6, 6.07) is 4.29. The molecule has 0 aliphatic rings. The molecule has 0 aliphatic carbocycles. The van der Waals surface area contributed by atoms with E-state index in [0.29, 0.717) is 0 Å². The van der Waals surface area contributed by atoms with Crippen molar-refractivity contribution in [1.82, 2.24) is 4.90 Å². The van der Waals surface area contributed by atoms with Crippen LogP contribution < -0.4 is 11.5 Å². The van der Waals surface area contributed by atoms with Crippen molar-refractivity contribution in [1.29, 1.82) is 0 Å². The Morgan fingerprint density at radius 3 is 2.19 bits per heavy atom. The lowest BCUT2D eigenvalue weighted by Gasteiger charge is -2.30. The monoisotopic (exact) mass is 295 g/mol. The van der Waals surface area contributed by atoms with Gasteiger partial charge in [-0.1, -0.05) is 26.0 Å². The molecule has 21 heavy (non-hydrogen) atoms. The molecule has 2 unspecified atom stereocenters. The number of primary amides is 1. The van der Waals surface area contributed by atoms with Crippen LogP contribution in [0.5, 0.6) is 0 Å². The van der Waals surface area contributed by atoms with Crippen LogP contribution in [0.25, 0.3) is 0 Å². The van der Waals surface area contributed by atoms with E-state index in [1.165, 1.54) is 24.1 Å². The average molecular weight is 295 g/mol. The minimum Gasteiger partial charge on any atom is -0.368 e. The molecule has 1 aromatic rings. The van der Waals surface area contributed by atoms with Crippen molar-refractivity contribution in [2.75, 3.05) is 7.05 Å². The summed E-state index contributed by atoms with van der Waals surface area (Å²) >= 11 is 0. The van der Waals surface area contributed by atoms with Crippen LogP contribution in [0.15, 0.2) is 24.3 Å². The topological polar surface area (TPSA) is 89.4 Å². The molecule has 5 nitrogen and oxygen atoms in total. The van der Waals surface area contributed by atoms with Crippen LogP contribution in [0.2, 0.25) is 0 Å². The average Bonchev–Trinajstić information content (AvgIpc) is 2.39. The van der Waals surface area contributed by atoms with Crippen LogP contribution in [-0.2, 0) is 16.0 Å². The molecule has 0 aromatic heterocycles. The summed E-state index contributed by atoms with van der Waals surface area (Å²) in [6.07, 6.45) is 0.271. The summed E-state index contributed by atoms with van der Waals surface area (Å²) in [5.74, 6) is -1.37. The molecule has 6 heteroatoms. The van der Waals surface area contributed by atoms with E-state index in [9.17, 15) is 14.0 Å². The van der Waals surface area contributed by atoms with Gasteiger partial charge in [0.15, 0.2) is 0 Å². The Kier molecular flexibility index (Phi) is 5.84. The van der Waals surface area contributed by atoms with Gasteiger partial charge in [0, 0.05) is 7.05 Å². The smallest absolute Gasteiger partial charge is 0.240 e. The molecule has 0 saturated carbocycles. The summed E-state index contributed by atoms with van der Waals surface area (Å²) < 4.78 is 12.8. The first-order valence-corrected chi connectivity index (χ1v) is 6.80. The summed E-state index contributed by atoms with van der Waals surface area (Å²) in [4.78, 5) is 25.0. The fourth-order valence-electron chi connectivity index (χ4n) is 2.33. The number of hydrogen-bond donors (Lipinski definition) is 2. The molecule has 4 N–H and O–H groups in total. The van der Waals surface area contributed by atoms with Gasteiger partial charge in [0.1, 0.15) is 11.9 Å². The van der Waals surface area contributed by atoms with E-state index < -0.39 is 18.0 Å². The highest BCUT2D eigenvalue weighted by molar-refractivity contribution is 5.89. The number of carbonyl (C=O) groups is 2. The number of halogens is 1. The Morgan fingerprint density at radius 1 is 1.24 bits per heavy atom. The number of nitrogens with two attached hydrogens (primary N) is 2. The number of rotatable bonds is 6. The van der Waals surface area contributed by atoms with Gasteiger partial charge in [-0.05, 0) is 30.0 Å². The second-order valence-electron chi connectivity index (χ2n) is 5.48. The molecule has 0 bridgehead atoms. The second kappa shape index (κ2) is 7.17. The molecule has 0 aliphatic heterocycles. The zero-order valence-electron chi connectivity index (χ0n) is 12.5. The number of nitrogens with zero attached hydrogens (tertiary/aromatic N) is 1. The van der Waals surface area contributed by atoms with Crippen LogP contribution in [-0.4, -0.2) is 35.8 Å². The third-order valence-corrected chi connectivity index (χ3v) is 3.37. The molecule has 2 amide bonds. The van der Waals surface area contributed by atoms with Crippen molar-refractivity contribution < 1.29 is 14.0 Å².